The topological polar surface area (TPSA) is 49.8 Å². The smallest absolute Gasteiger partial charge is 0.307 e. The van der Waals surface area contributed by atoms with Gasteiger partial charge in [0, 0.05) is 19.1 Å². The molecule has 0 radical (unpaired) electrons. The number of carboxylic acids is 1. The molecule has 0 amide bonds. The molecule has 0 aromatic rings. The summed E-state index contributed by atoms with van der Waals surface area (Å²) in [6, 6.07) is 0.0660. The van der Waals surface area contributed by atoms with Crippen molar-refractivity contribution in [2.75, 3.05) is 13.1 Å². The molecule has 0 spiro atoms. The van der Waals surface area contributed by atoms with Crippen LogP contribution in [0.15, 0.2) is 0 Å². The van der Waals surface area contributed by atoms with Crippen molar-refractivity contribution in [1.29, 1.82) is 0 Å². The number of carboxylic acid groups (broad SMARTS) is 1. The van der Waals surface area contributed by atoms with Crippen molar-refractivity contribution in [2.45, 2.75) is 45.9 Å². The molecule has 0 aliphatic carbocycles. The summed E-state index contributed by atoms with van der Waals surface area (Å²) < 4.78 is 5.62. The van der Waals surface area contributed by atoms with E-state index < -0.39 is 5.97 Å². The second-order valence-electron chi connectivity index (χ2n) is 4.58. The van der Waals surface area contributed by atoms with Gasteiger partial charge in [0.2, 0.25) is 0 Å². The van der Waals surface area contributed by atoms with E-state index in [2.05, 4.69) is 4.90 Å². The van der Waals surface area contributed by atoms with Crippen LogP contribution in [0.4, 0.5) is 0 Å². The number of hydrogen-bond acceptors (Lipinski definition) is 3. The molecule has 0 aromatic heterocycles. The molecular weight excluding hydrogens is 194 g/mol. The van der Waals surface area contributed by atoms with Gasteiger partial charge in [0.1, 0.15) is 0 Å². The molecular formula is C11H21NO3. The van der Waals surface area contributed by atoms with E-state index in [0.29, 0.717) is 0 Å². The Balaban J connectivity index is 2.58. The number of rotatable bonds is 3. The lowest BCUT2D eigenvalue weighted by Gasteiger charge is -2.40. The van der Waals surface area contributed by atoms with Crippen LogP contribution in [0.3, 0.4) is 0 Å². The van der Waals surface area contributed by atoms with Gasteiger partial charge in [0.25, 0.3) is 0 Å². The van der Waals surface area contributed by atoms with Crippen molar-refractivity contribution in [3.05, 3.63) is 0 Å². The van der Waals surface area contributed by atoms with Crippen LogP contribution in [0.2, 0.25) is 0 Å². The number of morpholine rings is 1. The Hall–Kier alpha value is -0.610. The molecule has 1 saturated heterocycles. The van der Waals surface area contributed by atoms with Crippen LogP contribution in [0.5, 0.6) is 0 Å². The summed E-state index contributed by atoms with van der Waals surface area (Å²) >= 11 is 0. The van der Waals surface area contributed by atoms with Gasteiger partial charge in [-0.1, -0.05) is 6.92 Å². The average Bonchev–Trinajstić information content (AvgIpc) is 2.13. The van der Waals surface area contributed by atoms with Crippen LogP contribution in [-0.2, 0) is 9.53 Å². The fourth-order valence-electron chi connectivity index (χ4n) is 2.07. The Morgan fingerprint density at radius 1 is 1.33 bits per heavy atom. The molecule has 0 saturated carbocycles. The predicted octanol–water partition coefficient (Wildman–Crippen LogP) is 1.20. The quantitative estimate of drug-likeness (QED) is 0.768. The zero-order valence-corrected chi connectivity index (χ0v) is 9.93. The lowest BCUT2D eigenvalue weighted by atomic mass is 10.0. The van der Waals surface area contributed by atoms with Crippen LogP contribution in [-0.4, -0.2) is 47.3 Å². The largest absolute Gasteiger partial charge is 0.481 e. The van der Waals surface area contributed by atoms with E-state index >= 15 is 0 Å². The number of ether oxygens (including phenoxy) is 1. The molecule has 1 N–H and O–H groups in total. The van der Waals surface area contributed by atoms with Gasteiger partial charge in [-0.2, -0.15) is 0 Å². The van der Waals surface area contributed by atoms with Gasteiger partial charge in [0.15, 0.2) is 0 Å². The highest BCUT2D eigenvalue weighted by Gasteiger charge is 2.30. The van der Waals surface area contributed by atoms with Crippen LogP contribution >= 0.6 is 0 Å². The summed E-state index contributed by atoms with van der Waals surface area (Å²) in [6.07, 6.45) is 0.384. The van der Waals surface area contributed by atoms with Crippen molar-refractivity contribution in [1.82, 2.24) is 4.90 Å². The average molecular weight is 215 g/mol. The van der Waals surface area contributed by atoms with Crippen LogP contribution in [0.25, 0.3) is 0 Å². The molecule has 4 heteroatoms. The Bertz CT molecular complexity index is 222. The fourth-order valence-corrected chi connectivity index (χ4v) is 2.07. The third-order valence-corrected chi connectivity index (χ3v) is 3.14. The van der Waals surface area contributed by atoms with E-state index in [1.54, 1.807) is 6.92 Å². The van der Waals surface area contributed by atoms with Crippen molar-refractivity contribution >= 4 is 5.97 Å². The molecule has 0 bridgehead atoms. The molecule has 15 heavy (non-hydrogen) atoms. The Morgan fingerprint density at radius 3 is 2.20 bits per heavy atom. The minimum atomic E-state index is -0.728. The van der Waals surface area contributed by atoms with E-state index in [0.717, 1.165) is 13.1 Å². The Labute approximate surface area is 91.2 Å². The summed E-state index contributed by atoms with van der Waals surface area (Å²) in [5.41, 5.74) is 0. The number of nitrogens with zero attached hydrogens (tertiary/aromatic N) is 1. The van der Waals surface area contributed by atoms with Gasteiger partial charge in [0.05, 0.1) is 18.1 Å². The van der Waals surface area contributed by atoms with E-state index in [1.165, 1.54) is 0 Å². The summed E-state index contributed by atoms with van der Waals surface area (Å²) in [5, 5.41) is 8.96. The lowest BCUT2D eigenvalue weighted by molar-refractivity contribution is -0.145. The molecule has 4 unspecified atom stereocenters. The highest BCUT2D eigenvalue weighted by Crippen LogP contribution is 2.18. The first-order valence-electron chi connectivity index (χ1n) is 5.54. The van der Waals surface area contributed by atoms with Gasteiger partial charge in [-0.15, -0.1) is 0 Å². The number of carbonyl (C=O) groups is 1. The first kappa shape index (κ1) is 12.5. The molecule has 0 aromatic carbocycles. The zero-order valence-electron chi connectivity index (χ0n) is 9.93. The fraction of sp³-hybridized carbons (Fsp3) is 0.909. The molecule has 1 heterocycles. The van der Waals surface area contributed by atoms with Crippen LogP contribution in [0.1, 0.15) is 27.7 Å². The van der Waals surface area contributed by atoms with Crippen LogP contribution < -0.4 is 0 Å². The summed E-state index contributed by atoms with van der Waals surface area (Å²) in [7, 11) is 0. The highest BCUT2D eigenvalue weighted by atomic mass is 16.5. The summed E-state index contributed by atoms with van der Waals surface area (Å²) in [6.45, 7) is 9.44. The SMILES string of the molecule is CC1CN(C(C)C(C)C(=O)O)CC(C)O1. The third kappa shape index (κ3) is 3.18. The summed E-state index contributed by atoms with van der Waals surface area (Å²) in [4.78, 5) is 13.1. The molecule has 1 rings (SSSR count). The minimum Gasteiger partial charge on any atom is -0.481 e. The number of hydrogen-bond donors (Lipinski definition) is 1. The van der Waals surface area contributed by atoms with E-state index in [4.69, 9.17) is 9.84 Å². The molecule has 1 fully saturated rings. The maximum atomic E-state index is 10.9. The Morgan fingerprint density at radius 2 is 1.80 bits per heavy atom. The van der Waals surface area contributed by atoms with Crippen LogP contribution in [0, 0.1) is 5.92 Å². The molecule has 4 atom stereocenters. The first-order chi connectivity index (χ1) is 6.91. The maximum absolute atomic E-state index is 10.9. The van der Waals surface area contributed by atoms with Crippen molar-refractivity contribution in [2.24, 2.45) is 5.92 Å². The van der Waals surface area contributed by atoms with Gasteiger partial charge in [-0.05, 0) is 20.8 Å². The van der Waals surface area contributed by atoms with E-state index in [9.17, 15) is 4.79 Å². The minimum absolute atomic E-state index is 0.0660. The molecule has 88 valence electrons. The van der Waals surface area contributed by atoms with Crippen molar-refractivity contribution in [3.63, 3.8) is 0 Å². The van der Waals surface area contributed by atoms with E-state index in [-0.39, 0.29) is 24.2 Å². The van der Waals surface area contributed by atoms with E-state index in [1.807, 2.05) is 20.8 Å². The Kier molecular flexibility index (Phi) is 4.11. The van der Waals surface area contributed by atoms with Crippen molar-refractivity contribution < 1.29 is 14.6 Å². The van der Waals surface area contributed by atoms with Gasteiger partial charge in [-0.3, -0.25) is 9.69 Å². The predicted molar refractivity (Wildman–Crippen MR) is 57.8 cm³/mol. The maximum Gasteiger partial charge on any atom is 0.307 e. The van der Waals surface area contributed by atoms with Gasteiger partial charge >= 0.3 is 5.97 Å². The molecule has 1 aliphatic heterocycles. The zero-order chi connectivity index (χ0) is 11.6. The van der Waals surface area contributed by atoms with Gasteiger partial charge in [-0.25, -0.2) is 0 Å². The molecule has 1 aliphatic rings. The highest BCUT2D eigenvalue weighted by molar-refractivity contribution is 5.70. The number of aliphatic carboxylic acids is 1. The standard InChI is InChI=1S/C11H21NO3/c1-7-5-12(6-8(2)15-7)10(4)9(3)11(13)14/h7-10H,5-6H2,1-4H3,(H,13,14). The van der Waals surface area contributed by atoms with Crippen molar-refractivity contribution in [3.8, 4) is 0 Å². The van der Waals surface area contributed by atoms with Gasteiger partial charge < -0.3 is 9.84 Å². The third-order valence-electron chi connectivity index (χ3n) is 3.14. The monoisotopic (exact) mass is 215 g/mol. The molecule has 4 nitrogen and oxygen atoms in total. The second kappa shape index (κ2) is 4.94. The first-order valence-corrected chi connectivity index (χ1v) is 5.54. The lowest BCUT2D eigenvalue weighted by Crippen LogP contribution is -2.51. The summed E-state index contributed by atoms with van der Waals surface area (Å²) in [5.74, 6) is -1.06. The normalized spacial score (nSPS) is 32.3. The second-order valence-corrected chi connectivity index (χ2v) is 4.58.